The molecule has 1 amide bonds. The first-order valence-corrected chi connectivity index (χ1v) is 6.29. The van der Waals surface area contributed by atoms with Gasteiger partial charge < -0.3 is 5.32 Å². The van der Waals surface area contributed by atoms with Crippen LogP contribution in [0, 0.1) is 0 Å². The van der Waals surface area contributed by atoms with Crippen molar-refractivity contribution in [3.05, 3.63) is 18.2 Å². The van der Waals surface area contributed by atoms with Crippen LogP contribution in [-0.4, -0.2) is 25.6 Å². The van der Waals surface area contributed by atoms with Gasteiger partial charge in [0.2, 0.25) is 5.91 Å². The van der Waals surface area contributed by atoms with Crippen molar-refractivity contribution in [3.8, 4) is 0 Å². The number of rotatable bonds is 3. The maximum atomic E-state index is 11.2. The average Bonchev–Trinajstić information content (AvgIpc) is 2.17. The number of pyridine rings is 1. The Morgan fingerprint density at radius 2 is 2.13 bits per heavy atom. The summed E-state index contributed by atoms with van der Waals surface area (Å²) < 4.78 is 22.3. The molecule has 0 unspecified atom stereocenters. The number of carbonyl (C=O) groups excluding carboxylic acids is 1. The molecule has 15 heavy (non-hydrogen) atoms. The number of nitrogens with zero attached hydrogens (tertiary/aromatic N) is 1. The summed E-state index contributed by atoms with van der Waals surface area (Å²) in [4.78, 5) is 14.9. The molecule has 0 aliphatic rings. The van der Waals surface area contributed by atoms with Gasteiger partial charge in [-0.25, -0.2) is 13.4 Å². The molecule has 0 aliphatic carbocycles. The lowest BCUT2D eigenvalue weighted by Gasteiger charge is -2.03. The molecule has 0 aromatic carbocycles. The van der Waals surface area contributed by atoms with E-state index in [-0.39, 0.29) is 16.8 Å². The largest absolute Gasteiger partial charge is 0.311 e. The molecule has 5 nitrogen and oxygen atoms in total. The third kappa shape index (κ3) is 3.32. The van der Waals surface area contributed by atoms with Gasteiger partial charge in [0.25, 0.3) is 0 Å². The number of carbonyl (C=O) groups is 1. The fraction of sp³-hybridized carbons (Fsp3) is 0.333. The summed E-state index contributed by atoms with van der Waals surface area (Å²) >= 11 is 0. The van der Waals surface area contributed by atoms with E-state index in [2.05, 4.69) is 10.3 Å². The maximum absolute atomic E-state index is 11.2. The van der Waals surface area contributed by atoms with E-state index in [9.17, 15) is 13.2 Å². The minimum Gasteiger partial charge on any atom is -0.311 e. The Morgan fingerprint density at radius 3 is 2.67 bits per heavy atom. The van der Waals surface area contributed by atoms with Gasteiger partial charge in [-0.15, -0.1) is 0 Å². The first-order valence-electron chi connectivity index (χ1n) is 4.40. The Balaban J connectivity index is 2.99. The zero-order chi connectivity index (χ0) is 11.5. The van der Waals surface area contributed by atoms with Crippen LogP contribution in [0.5, 0.6) is 0 Å². The Labute approximate surface area is 88.4 Å². The van der Waals surface area contributed by atoms with Gasteiger partial charge in [-0.05, 0) is 12.1 Å². The molecule has 6 heteroatoms. The summed E-state index contributed by atoms with van der Waals surface area (Å²) in [6.07, 6.45) is 1.39. The zero-order valence-corrected chi connectivity index (χ0v) is 9.34. The molecular formula is C9H12N2O3S. The second kappa shape index (κ2) is 4.39. The van der Waals surface area contributed by atoms with E-state index >= 15 is 0 Å². The fourth-order valence-electron chi connectivity index (χ4n) is 0.922. The molecule has 1 aromatic rings. The third-order valence-electron chi connectivity index (χ3n) is 1.69. The molecule has 0 spiro atoms. The van der Waals surface area contributed by atoms with E-state index in [4.69, 9.17) is 0 Å². The van der Waals surface area contributed by atoms with Crippen molar-refractivity contribution < 1.29 is 13.2 Å². The highest BCUT2D eigenvalue weighted by molar-refractivity contribution is 7.90. The summed E-state index contributed by atoms with van der Waals surface area (Å²) in [6, 6.07) is 4.47. The number of nitrogens with one attached hydrogen (secondary N) is 1. The molecule has 0 fully saturated rings. The standard InChI is InChI=1S/C9H12N2O3S/c1-3-8(12)10-7-5-4-6-9(11-7)15(2,13)14/h4-6H,3H2,1-2H3,(H,10,11,12). The first kappa shape index (κ1) is 11.6. The number of aromatic nitrogens is 1. The predicted octanol–water partition coefficient (Wildman–Crippen LogP) is 0.834. The molecule has 0 saturated heterocycles. The van der Waals surface area contributed by atoms with Crippen LogP contribution in [0.1, 0.15) is 13.3 Å². The molecule has 1 N–H and O–H groups in total. The Bertz CT molecular complexity index is 468. The predicted molar refractivity (Wildman–Crippen MR) is 56.3 cm³/mol. The zero-order valence-electron chi connectivity index (χ0n) is 8.52. The molecule has 0 radical (unpaired) electrons. The fourth-order valence-corrected chi connectivity index (χ4v) is 1.51. The number of sulfone groups is 1. The van der Waals surface area contributed by atoms with Crippen molar-refractivity contribution in [3.63, 3.8) is 0 Å². The van der Waals surface area contributed by atoms with Crippen LogP contribution in [0.4, 0.5) is 5.82 Å². The number of amides is 1. The van der Waals surface area contributed by atoms with Crippen molar-refractivity contribution in [1.82, 2.24) is 4.98 Å². The molecule has 1 heterocycles. The number of anilines is 1. The molecule has 0 atom stereocenters. The highest BCUT2D eigenvalue weighted by Gasteiger charge is 2.09. The Kier molecular flexibility index (Phi) is 3.41. The van der Waals surface area contributed by atoms with Gasteiger partial charge in [-0.2, -0.15) is 0 Å². The second-order valence-corrected chi connectivity index (χ2v) is 5.00. The summed E-state index contributed by atoms with van der Waals surface area (Å²) in [5.74, 6) is 0.0536. The monoisotopic (exact) mass is 228 g/mol. The van der Waals surface area contributed by atoms with Crippen LogP contribution in [0.3, 0.4) is 0 Å². The maximum Gasteiger partial charge on any atom is 0.225 e. The van der Waals surface area contributed by atoms with E-state index in [1.54, 1.807) is 13.0 Å². The molecule has 0 saturated carbocycles. The summed E-state index contributed by atoms with van der Waals surface area (Å²) in [6.45, 7) is 1.70. The van der Waals surface area contributed by atoms with Crippen molar-refractivity contribution in [2.45, 2.75) is 18.4 Å². The van der Waals surface area contributed by atoms with Gasteiger partial charge in [0.15, 0.2) is 14.9 Å². The van der Waals surface area contributed by atoms with E-state index < -0.39 is 9.84 Å². The normalized spacial score (nSPS) is 11.1. The average molecular weight is 228 g/mol. The summed E-state index contributed by atoms with van der Waals surface area (Å²) in [5, 5.41) is 2.44. The lowest BCUT2D eigenvalue weighted by atomic mass is 10.4. The minimum absolute atomic E-state index is 0.0450. The van der Waals surface area contributed by atoms with Crippen molar-refractivity contribution in [2.75, 3.05) is 11.6 Å². The second-order valence-electron chi connectivity index (χ2n) is 3.03. The van der Waals surface area contributed by atoms with Crippen molar-refractivity contribution in [1.29, 1.82) is 0 Å². The van der Waals surface area contributed by atoms with Crippen LogP contribution < -0.4 is 5.32 Å². The highest BCUT2D eigenvalue weighted by Crippen LogP contribution is 2.09. The van der Waals surface area contributed by atoms with E-state index in [0.717, 1.165) is 6.26 Å². The molecule has 1 aromatic heterocycles. The Hall–Kier alpha value is -1.43. The number of hydrogen-bond acceptors (Lipinski definition) is 4. The minimum atomic E-state index is -3.33. The van der Waals surface area contributed by atoms with Crippen LogP contribution >= 0.6 is 0 Å². The van der Waals surface area contributed by atoms with Gasteiger partial charge >= 0.3 is 0 Å². The van der Waals surface area contributed by atoms with Crippen LogP contribution in [0.2, 0.25) is 0 Å². The van der Waals surface area contributed by atoms with Gasteiger partial charge in [-0.3, -0.25) is 4.79 Å². The van der Waals surface area contributed by atoms with Crippen LogP contribution in [-0.2, 0) is 14.6 Å². The smallest absolute Gasteiger partial charge is 0.225 e. The molecule has 1 rings (SSSR count). The molecule has 0 bridgehead atoms. The van der Waals surface area contributed by atoms with E-state index in [1.165, 1.54) is 12.1 Å². The van der Waals surface area contributed by atoms with Gasteiger partial charge in [0.05, 0.1) is 0 Å². The van der Waals surface area contributed by atoms with E-state index in [1.807, 2.05) is 0 Å². The van der Waals surface area contributed by atoms with E-state index in [0.29, 0.717) is 6.42 Å². The molecule has 82 valence electrons. The van der Waals surface area contributed by atoms with Crippen LogP contribution in [0.15, 0.2) is 23.2 Å². The lowest BCUT2D eigenvalue weighted by Crippen LogP contribution is -2.12. The highest BCUT2D eigenvalue weighted by atomic mass is 32.2. The quantitative estimate of drug-likeness (QED) is 0.831. The lowest BCUT2D eigenvalue weighted by molar-refractivity contribution is -0.115. The summed E-state index contributed by atoms with van der Waals surface area (Å²) in [7, 11) is -3.33. The molecule has 0 aliphatic heterocycles. The van der Waals surface area contributed by atoms with Gasteiger partial charge in [0.1, 0.15) is 5.82 Å². The SMILES string of the molecule is CCC(=O)Nc1cccc(S(C)(=O)=O)n1. The Morgan fingerprint density at radius 1 is 1.47 bits per heavy atom. The summed E-state index contributed by atoms with van der Waals surface area (Å²) in [5.41, 5.74) is 0. The van der Waals surface area contributed by atoms with Crippen LogP contribution in [0.25, 0.3) is 0 Å². The molecular weight excluding hydrogens is 216 g/mol. The third-order valence-corrected chi connectivity index (χ3v) is 2.68. The van der Waals surface area contributed by atoms with Gasteiger partial charge in [0, 0.05) is 12.7 Å². The van der Waals surface area contributed by atoms with Gasteiger partial charge in [-0.1, -0.05) is 13.0 Å². The number of hydrogen-bond donors (Lipinski definition) is 1. The first-order chi connectivity index (χ1) is 6.93. The topological polar surface area (TPSA) is 76.1 Å². The van der Waals surface area contributed by atoms with Crippen molar-refractivity contribution in [2.24, 2.45) is 0 Å². The van der Waals surface area contributed by atoms with Crippen molar-refractivity contribution >= 4 is 21.6 Å².